The summed E-state index contributed by atoms with van der Waals surface area (Å²) in [4.78, 5) is 34.2. The summed E-state index contributed by atoms with van der Waals surface area (Å²) in [5.41, 5.74) is 3.63. The molecule has 0 saturated heterocycles. The molecule has 0 atom stereocenters. The Morgan fingerprint density at radius 1 is 0.968 bits per heavy atom. The minimum absolute atomic E-state index is 0.105. The smallest absolute Gasteiger partial charge is 0.257 e. The van der Waals surface area contributed by atoms with Crippen LogP contribution in [0.4, 0.5) is 5.69 Å². The molecule has 0 fully saturated rings. The van der Waals surface area contributed by atoms with E-state index in [1.807, 2.05) is 41.8 Å². The van der Waals surface area contributed by atoms with Gasteiger partial charge in [-0.05, 0) is 41.8 Å². The number of anilines is 1. The number of hydrogen-bond acceptors (Lipinski definition) is 6. The molecule has 31 heavy (non-hydrogen) atoms. The molecule has 0 spiro atoms. The van der Waals surface area contributed by atoms with E-state index in [0.29, 0.717) is 27.3 Å². The molecule has 1 aromatic carbocycles. The first kappa shape index (κ1) is 18.8. The lowest BCUT2D eigenvalue weighted by atomic mass is 10.1. The predicted molar refractivity (Wildman–Crippen MR) is 118 cm³/mol. The van der Waals surface area contributed by atoms with Crippen molar-refractivity contribution in [2.24, 2.45) is 0 Å². The molecular weight excluding hydrogens is 410 g/mol. The van der Waals surface area contributed by atoms with Gasteiger partial charge in [0.1, 0.15) is 0 Å². The highest BCUT2D eigenvalue weighted by atomic mass is 32.1. The maximum Gasteiger partial charge on any atom is 0.257 e. The van der Waals surface area contributed by atoms with Gasteiger partial charge in [0, 0.05) is 29.8 Å². The number of benzene rings is 1. The van der Waals surface area contributed by atoms with Crippen LogP contribution in [-0.4, -0.2) is 31.3 Å². The Bertz CT molecular complexity index is 1390. The molecule has 0 unspecified atom stereocenters. The van der Waals surface area contributed by atoms with Gasteiger partial charge in [-0.3, -0.25) is 14.6 Å². The molecule has 8 heteroatoms. The lowest BCUT2D eigenvalue weighted by Gasteiger charge is -2.09. The van der Waals surface area contributed by atoms with Gasteiger partial charge in [-0.1, -0.05) is 18.2 Å². The van der Waals surface area contributed by atoms with E-state index in [-0.39, 0.29) is 11.7 Å². The van der Waals surface area contributed by atoms with Gasteiger partial charge in [0.2, 0.25) is 5.78 Å². The van der Waals surface area contributed by atoms with Crippen LogP contribution >= 0.6 is 11.3 Å². The number of pyridine rings is 1. The first-order valence-electron chi connectivity index (χ1n) is 9.43. The predicted octanol–water partition coefficient (Wildman–Crippen LogP) is 4.34. The van der Waals surface area contributed by atoms with Crippen LogP contribution in [0.25, 0.3) is 16.9 Å². The molecule has 1 N–H and O–H groups in total. The highest BCUT2D eigenvalue weighted by Gasteiger charge is 2.18. The van der Waals surface area contributed by atoms with E-state index in [2.05, 4.69) is 20.4 Å². The van der Waals surface area contributed by atoms with Crippen LogP contribution in [0.5, 0.6) is 0 Å². The molecule has 7 nitrogen and oxygen atoms in total. The van der Waals surface area contributed by atoms with Crippen LogP contribution < -0.4 is 5.32 Å². The van der Waals surface area contributed by atoms with Gasteiger partial charge in [0.15, 0.2) is 5.65 Å². The quantitative estimate of drug-likeness (QED) is 0.423. The minimum Gasteiger partial charge on any atom is -0.322 e. The highest BCUT2D eigenvalue weighted by Crippen LogP contribution is 2.25. The fourth-order valence-electron chi connectivity index (χ4n) is 3.27. The molecule has 0 aliphatic carbocycles. The normalized spacial score (nSPS) is 10.8. The first-order valence-corrected chi connectivity index (χ1v) is 10.3. The Hall–Kier alpha value is -4.17. The van der Waals surface area contributed by atoms with Gasteiger partial charge < -0.3 is 5.32 Å². The van der Waals surface area contributed by atoms with Gasteiger partial charge in [-0.15, -0.1) is 11.3 Å². The summed E-state index contributed by atoms with van der Waals surface area (Å²) in [6.07, 6.45) is 6.33. The van der Waals surface area contributed by atoms with E-state index in [1.165, 1.54) is 17.5 Å². The first-order chi connectivity index (χ1) is 15.2. The zero-order valence-electron chi connectivity index (χ0n) is 16.1. The van der Waals surface area contributed by atoms with Crippen molar-refractivity contribution in [2.75, 3.05) is 5.32 Å². The van der Waals surface area contributed by atoms with E-state index in [1.54, 1.807) is 41.3 Å². The van der Waals surface area contributed by atoms with Gasteiger partial charge in [0.25, 0.3) is 5.91 Å². The summed E-state index contributed by atoms with van der Waals surface area (Å²) in [7, 11) is 0. The van der Waals surface area contributed by atoms with Crippen LogP contribution in [0.2, 0.25) is 0 Å². The monoisotopic (exact) mass is 425 g/mol. The Labute approximate surface area is 181 Å². The van der Waals surface area contributed by atoms with Gasteiger partial charge >= 0.3 is 0 Å². The van der Waals surface area contributed by atoms with E-state index < -0.39 is 0 Å². The summed E-state index contributed by atoms with van der Waals surface area (Å²) in [6.45, 7) is 0. The molecule has 150 valence electrons. The molecule has 4 heterocycles. The molecule has 1 amide bonds. The molecule has 0 bridgehead atoms. The average molecular weight is 425 g/mol. The van der Waals surface area contributed by atoms with Crippen LogP contribution in [0.1, 0.15) is 25.6 Å². The van der Waals surface area contributed by atoms with Crippen molar-refractivity contribution in [1.82, 2.24) is 19.6 Å². The fourth-order valence-corrected chi connectivity index (χ4v) is 3.95. The third-order valence-corrected chi connectivity index (χ3v) is 5.60. The summed E-state index contributed by atoms with van der Waals surface area (Å²) in [5, 5.41) is 9.15. The number of aromatic nitrogens is 4. The van der Waals surface area contributed by atoms with Gasteiger partial charge in [0.05, 0.1) is 27.9 Å². The minimum atomic E-state index is -0.243. The SMILES string of the molecule is O=C(Nc1cccc(-c2ccnc3c(C(=O)c4cccs4)cnn23)c1)c1cccnc1. The number of ketones is 1. The maximum atomic E-state index is 12.8. The number of carbonyl (C=O) groups excluding carboxylic acids is 2. The number of hydrogen-bond donors (Lipinski definition) is 1. The van der Waals surface area contributed by atoms with Crippen LogP contribution in [-0.2, 0) is 0 Å². The summed E-state index contributed by atoms with van der Waals surface area (Å²) in [5.74, 6) is -0.347. The zero-order valence-corrected chi connectivity index (χ0v) is 16.9. The van der Waals surface area contributed by atoms with Crippen molar-refractivity contribution in [3.63, 3.8) is 0 Å². The number of nitrogens with zero attached hydrogens (tertiary/aromatic N) is 4. The molecule has 5 rings (SSSR count). The van der Waals surface area contributed by atoms with E-state index in [4.69, 9.17) is 0 Å². The topological polar surface area (TPSA) is 89.2 Å². The number of carbonyl (C=O) groups is 2. The molecule has 0 aliphatic rings. The summed E-state index contributed by atoms with van der Waals surface area (Å²) >= 11 is 1.39. The van der Waals surface area contributed by atoms with Crippen molar-refractivity contribution >= 4 is 34.4 Å². The van der Waals surface area contributed by atoms with Gasteiger partial charge in [-0.2, -0.15) is 5.10 Å². The van der Waals surface area contributed by atoms with Crippen LogP contribution in [0, 0.1) is 0 Å². The van der Waals surface area contributed by atoms with Crippen molar-refractivity contribution in [2.45, 2.75) is 0 Å². The van der Waals surface area contributed by atoms with Crippen molar-refractivity contribution < 1.29 is 9.59 Å². The fraction of sp³-hybridized carbons (Fsp3) is 0. The summed E-state index contributed by atoms with van der Waals surface area (Å²) < 4.78 is 1.64. The van der Waals surface area contributed by atoms with E-state index in [0.717, 1.165) is 11.3 Å². The Balaban J connectivity index is 1.49. The van der Waals surface area contributed by atoms with Crippen molar-refractivity contribution in [3.05, 3.63) is 101 Å². The second-order valence-electron chi connectivity index (χ2n) is 6.71. The third-order valence-electron chi connectivity index (χ3n) is 4.73. The third kappa shape index (κ3) is 3.60. The Morgan fingerprint density at radius 3 is 2.71 bits per heavy atom. The average Bonchev–Trinajstić information content (AvgIpc) is 3.50. The summed E-state index contributed by atoms with van der Waals surface area (Å²) in [6, 6.07) is 16.3. The number of rotatable bonds is 5. The Morgan fingerprint density at radius 2 is 1.90 bits per heavy atom. The second kappa shape index (κ2) is 7.92. The maximum absolute atomic E-state index is 12.8. The molecule has 0 aliphatic heterocycles. The zero-order chi connectivity index (χ0) is 21.2. The number of fused-ring (bicyclic) bond motifs is 1. The largest absolute Gasteiger partial charge is 0.322 e. The highest BCUT2D eigenvalue weighted by molar-refractivity contribution is 7.12. The van der Waals surface area contributed by atoms with Crippen LogP contribution in [0.15, 0.2) is 84.8 Å². The van der Waals surface area contributed by atoms with E-state index >= 15 is 0 Å². The number of amides is 1. The number of nitrogens with one attached hydrogen (secondary N) is 1. The lowest BCUT2D eigenvalue weighted by molar-refractivity contribution is 0.102. The van der Waals surface area contributed by atoms with Gasteiger partial charge in [-0.25, -0.2) is 9.50 Å². The molecule has 0 radical (unpaired) electrons. The standard InChI is InChI=1S/C23H15N5O2S/c29-21(20-7-3-11-31-20)18-14-26-28-19(8-10-25-22(18)28)15-4-1-6-17(12-15)27-23(30)16-5-2-9-24-13-16/h1-14H,(H,27,30). The lowest BCUT2D eigenvalue weighted by Crippen LogP contribution is -2.12. The van der Waals surface area contributed by atoms with Crippen LogP contribution in [0.3, 0.4) is 0 Å². The molecular formula is C23H15N5O2S. The Kier molecular flexibility index (Phi) is 4.81. The molecule has 5 aromatic rings. The molecule has 4 aromatic heterocycles. The molecule has 0 saturated carbocycles. The van der Waals surface area contributed by atoms with Crippen molar-refractivity contribution in [3.8, 4) is 11.3 Å². The second-order valence-corrected chi connectivity index (χ2v) is 7.65. The number of thiophene rings is 1. The van der Waals surface area contributed by atoms with Crippen molar-refractivity contribution in [1.29, 1.82) is 0 Å². The van der Waals surface area contributed by atoms with E-state index in [9.17, 15) is 9.59 Å².